The van der Waals surface area contributed by atoms with E-state index in [1.54, 1.807) is 0 Å². The Morgan fingerprint density at radius 1 is 1.19 bits per heavy atom. The largest absolute Gasteiger partial charge is 0.304 e. The van der Waals surface area contributed by atoms with Crippen molar-refractivity contribution in [3.05, 3.63) is 42.2 Å². The summed E-state index contributed by atoms with van der Waals surface area (Å²) < 4.78 is 2.00. The molecule has 0 fully saturated rings. The van der Waals surface area contributed by atoms with Crippen molar-refractivity contribution in [1.82, 2.24) is 14.5 Å². The lowest BCUT2D eigenvalue weighted by atomic mass is 9.88. The van der Waals surface area contributed by atoms with E-state index in [0.717, 1.165) is 11.4 Å². The summed E-state index contributed by atoms with van der Waals surface area (Å²) >= 11 is 0. The fraction of sp³-hybridized carbons (Fsp3) is 0.385. The fourth-order valence-electron chi connectivity index (χ4n) is 1.54. The van der Waals surface area contributed by atoms with Gasteiger partial charge in [-0.2, -0.15) is 0 Å². The predicted octanol–water partition coefficient (Wildman–Crippen LogP) is 2.87. The van der Waals surface area contributed by atoms with Crippen molar-refractivity contribution >= 4 is 0 Å². The highest BCUT2D eigenvalue weighted by atomic mass is 15.0. The van der Waals surface area contributed by atoms with Gasteiger partial charge in [0.05, 0.1) is 23.9 Å². The molecule has 0 unspecified atom stereocenters. The average Bonchev–Trinajstić information content (AvgIpc) is 2.64. The van der Waals surface area contributed by atoms with E-state index in [9.17, 15) is 0 Å². The van der Waals surface area contributed by atoms with Gasteiger partial charge in [-0.25, -0.2) is 4.98 Å². The van der Waals surface area contributed by atoms with Crippen LogP contribution in [0, 0.1) is 6.92 Å². The normalized spacial score (nSPS) is 11.8. The van der Waals surface area contributed by atoms with Crippen molar-refractivity contribution in [2.45, 2.75) is 33.1 Å². The summed E-state index contributed by atoms with van der Waals surface area (Å²) in [5.41, 5.74) is 3.43. The highest BCUT2D eigenvalue weighted by Gasteiger charge is 2.14. The van der Waals surface area contributed by atoms with Crippen LogP contribution in [0.25, 0.3) is 5.69 Å². The van der Waals surface area contributed by atoms with Crippen LogP contribution in [-0.2, 0) is 5.41 Å². The number of rotatable bonds is 1. The van der Waals surface area contributed by atoms with E-state index in [-0.39, 0.29) is 5.41 Å². The number of hydrogen-bond acceptors (Lipinski definition) is 2. The molecule has 16 heavy (non-hydrogen) atoms. The second-order valence-corrected chi connectivity index (χ2v) is 5.10. The Morgan fingerprint density at radius 2 is 1.94 bits per heavy atom. The first-order valence-corrected chi connectivity index (χ1v) is 5.43. The first-order valence-electron chi connectivity index (χ1n) is 5.43. The third kappa shape index (κ3) is 2.13. The second-order valence-electron chi connectivity index (χ2n) is 5.10. The average molecular weight is 215 g/mol. The molecule has 2 aromatic rings. The molecule has 3 nitrogen and oxygen atoms in total. The van der Waals surface area contributed by atoms with E-state index in [1.807, 2.05) is 36.4 Å². The molecule has 0 N–H and O–H groups in total. The Hall–Kier alpha value is -1.64. The summed E-state index contributed by atoms with van der Waals surface area (Å²) in [7, 11) is 0. The van der Waals surface area contributed by atoms with E-state index in [0.29, 0.717) is 0 Å². The molecule has 0 aliphatic rings. The monoisotopic (exact) mass is 215 g/mol. The van der Waals surface area contributed by atoms with E-state index in [1.165, 1.54) is 5.56 Å². The quantitative estimate of drug-likeness (QED) is 0.732. The van der Waals surface area contributed by atoms with Crippen LogP contribution in [-0.4, -0.2) is 14.5 Å². The van der Waals surface area contributed by atoms with Crippen molar-refractivity contribution in [2.75, 3.05) is 0 Å². The van der Waals surface area contributed by atoms with Crippen molar-refractivity contribution in [2.24, 2.45) is 0 Å². The Bertz CT molecular complexity index is 492. The zero-order valence-corrected chi connectivity index (χ0v) is 10.2. The molecule has 0 spiro atoms. The first kappa shape index (κ1) is 10.9. The maximum absolute atomic E-state index is 4.29. The third-order valence-corrected chi connectivity index (χ3v) is 2.60. The molecular formula is C13H17N3. The molecule has 2 heterocycles. The van der Waals surface area contributed by atoms with Crippen LogP contribution in [0.3, 0.4) is 0 Å². The van der Waals surface area contributed by atoms with E-state index < -0.39 is 0 Å². The van der Waals surface area contributed by atoms with Crippen LogP contribution >= 0.6 is 0 Å². The van der Waals surface area contributed by atoms with E-state index in [2.05, 4.69) is 36.8 Å². The highest BCUT2D eigenvalue weighted by molar-refractivity contribution is 5.35. The Morgan fingerprint density at radius 3 is 2.50 bits per heavy atom. The molecule has 0 atom stereocenters. The molecule has 0 aromatic carbocycles. The maximum atomic E-state index is 4.29. The molecule has 0 bridgehead atoms. The number of hydrogen-bond donors (Lipinski definition) is 0. The van der Waals surface area contributed by atoms with Crippen molar-refractivity contribution in [1.29, 1.82) is 0 Å². The molecule has 3 heteroatoms. The summed E-state index contributed by atoms with van der Waals surface area (Å²) in [5, 5.41) is 0. The minimum Gasteiger partial charge on any atom is -0.304 e. The predicted molar refractivity (Wildman–Crippen MR) is 64.8 cm³/mol. The van der Waals surface area contributed by atoms with Gasteiger partial charge in [-0.3, -0.25) is 4.98 Å². The van der Waals surface area contributed by atoms with Gasteiger partial charge in [-0.15, -0.1) is 0 Å². The lowest BCUT2D eigenvalue weighted by molar-refractivity contribution is 0.587. The number of imidazole rings is 1. The summed E-state index contributed by atoms with van der Waals surface area (Å²) in [6.45, 7) is 8.55. The molecule has 0 amide bonds. The summed E-state index contributed by atoms with van der Waals surface area (Å²) in [6, 6.07) is 2.16. The molecule has 0 radical (unpaired) electrons. The minimum atomic E-state index is 0.124. The molecule has 0 saturated heterocycles. The third-order valence-electron chi connectivity index (χ3n) is 2.60. The van der Waals surface area contributed by atoms with Gasteiger partial charge in [0.2, 0.25) is 0 Å². The van der Waals surface area contributed by atoms with Gasteiger partial charge in [0.1, 0.15) is 0 Å². The Balaban J connectivity index is 2.44. The highest BCUT2D eigenvalue weighted by Crippen LogP contribution is 2.23. The second kappa shape index (κ2) is 3.74. The molecule has 2 rings (SSSR count). The standard InChI is InChI=1S/C13H17N3/c1-10-8-16(9-15-10)12-5-11(6-14-7-12)13(2,3)4/h5-9H,1-4H3. The maximum Gasteiger partial charge on any atom is 0.0995 e. The minimum absolute atomic E-state index is 0.124. The van der Waals surface area contributed by atoms with Gasteiger partial charge in [-0.1, -0.05) is 20.8 Å². The molecule has 2 aromatic heterocycles. The van der Waals surface area contributed by atoms with Crippen molar-refractivity contribution in [3.8, 4) is 5.69 Å². The van der Waals surface area contributed by atoms with Crippen molar-refractivity contribution < 1.29 is 0 Å². The number of pyridine rings is 1. The summed E-state index contributed by atoms with van der Waals surface area (Å²) in [5.74, 6) is 0. The van der Waals surface area contributed by atoms with Crippen LogP contribution in [0.1, 0.15) is 32.0 Å². The van der Waals surface area contributed by atoms with Crippen LogP contribution in [0.5, 0.6) is 0 Å². The number of aromatic nitrogens is 3. The van der Waals surface area contributed by atoms with Gasteiger partial charge in [0.15, 0.2) is 0 Å². The molecule has 0 aliphatic heterocycles. The molecule has 84 valence electrons. The van der Waals surface area contributed by atoms with Gasteiger partial charge < -0.3 is 4.57 Å². The SMILES string of the molecule is Cc1cn(-c2cncc(C(C)(C)C)c2)cn1. The zero-order chi connectivity index (χ0) is 11.8. The fourth-order valence-corrected chi connectivity index (χ4v) is 1.54. The molecule has 0 saturated carbocycles. The number of aryl methyl sites for hydroxylation is 1. The van der Waals surface area contributed by atoms with Gasteiger partial charge in [0.25, 0.3) is 0 Å². The van der Waals surface area contributed by atoms with Gasteiger partial charge in [-0.05, 0) is 24.0 Å². The van der Waals surface area contributed by atoms with Crippen LogP contribution in [0.4, 0.5) is 0 Å². The molecular weight excluding hydrogens is 198 g/mol. The summed E-state index contributed by atoms with van der Waals surface area (Å²) in [4.78, 5) is 8.51. The van der Waals surface area contributed by atoms with Crippen LogP contribution < -0.4 is 0 Å². The van der Waals surface area contributed by atoms with E-state index in [4.69, 9.17) is 0 Å². The van der Waals surface area contributed by atoms with Crippen LogP contribution in [0.15, 0.2) is 31.0 Å². The first-order chi connectivity index (χ1) is 7.47. The smallest absolute Gasteiger partial charge is 0.0995 e. The topological polar surface area (TPSA) is 30.7 Å². The Labute approximate surface area is 96.2 Å². The van der Waals surface area contributed by atoms with Gasteiger partial charge in [0, 0.05) is 12.4 Å². The zero-order valence-electron chi connectivity index (χ0n) is 10.2. The van der Waals surface area contributed by atoms with Crippen molar-refractivity contribution in [3.63, 3.8) is 0 Å². The van der Waals surface area contributed by atoms with E-state index >= 15 is 0 Å². The summed E-state index contributed by atoms with van der Waals surface area (Å²) in [6.07, 6.45) is 7.60. The van der Waals surface area contributed by atoms with Crippen LogP contribution in [0.2, 0.25) is 0 Å². The van der Waals surface area contributed by atoms with Gasteiger partial charge >= 0.3 is 0 Å². The Kier molecular flexibility index (Phi) is 2.54. The molecule has 0 aliphatic carbocycles. The lowest BCUT2D eigenvalue weighted by Gasteiger charge is -2.19. The lowest BCUT2D eigenvalue weighted by Crippen LogP contribution is -2.12. The number of nitrogens with zero attached hydrogens (tertiary/aromatic N) is 3.